The highest BCUT2D eigenvalue weighted by molar-refractivity contribution is 7.18. The van der Waals surface area contributed by atoms with E-state index in [9.17, 15) is 14.9 Å². The number of hydrogen-bond acceptors (Lipinski definition) is 5. The fraction of sp³-hybridized carbons (Fsp3) is 0.219. The van der Waals surface area contributed by atoms with Crippen molar-refractivity contribution in [3.8, 4) is 28.6 Å². The minimum absolute atomic E-state index is 0.0492. The van der Waals surface area contributed by atoms with Gasteiger partial charge in [-0.1, -0.05) is 37.3 Å². The summed E-state index contributed by atoms with van der Waals surface area (Å²) in [5.41, 5.74) is 2.07. The largest absolute Gasteiger partial charge is 0.487 e. The van der Waals surface area contributed by atoms with Crippen molar-refractivity contribution >= 4 is 21.6 Å². The lowest BCUT2D eigenvalue weighted by Crippen LogP contribution is -2.38. The van der Waals surface area contributed by atoms with Gasteiger partial charge >= 0.3 is 5.69 Å². The standard InChI is InChI=1S/C32H26FN3O3S/c1-4-24-15-26-29(37)36(23-11-12-28-22(13-23)16-32(2,3)39-28)31(38)35(30(26)40-24)18-21-10-9-19(14-27(21)33)25-8-6-5-7-20(25)17-34/h5-15H,4,16,18H2,1-3H3. The predicted molar refractivity (Wildman–Crippen MR) is 155 cm³/mol. The molecule has 6 rings (SSSR count). The maximum absolute atomic E-state index is 15.5. The van der Waals surface area contributed by atoms with Gasteiger partial charge in [0, 0.05) is 22.4 Å². The third-order valence-electron chi connectivity index (χ3n) is 7.26. The Morgan fingerprint density at radius 2 is 1.88 bits per heavy atom. The van der Waals surface area contributed by atoms with Crippen molar-refractivity contribution in [3.05, 3.63) is 115 Å². The van der Waals surface area contributed by atoms with E-state index < -0.39 is 17.1 Å². The molecule has 2 aromatic heterocycles. The van der Waals surface area contributed by atoms with Crippen molar-refractivity contribution in [2.45, 2.75) is 45.8 Å². The SMILES string of the molecule is CCc1cc2c(=O)n(-c3ccc4c(c3)CC(C)(C)O4)c(=O)n(Cc3ccc(-c4ccccc4C#N)cc3F)c2s1. The second-order valence-electron chi connectivity index (χ2n) is 10.6. The molecule has 40 heavy (non-hydrogen) atoms. The van der Waals surface area contributed by atoms with Gasteiger partial charge in [-0.15, -0.1) is 11.3 Å². The molecule has 0 bridgehead atoms. The molecule has 200 valence electrons. The fourth-order valence-electron chi connectivity index (χ4n) is 5.32. The zero-order valence-corrected chi connectivity index (χ0v) is 23.1. The van der Waals surface area contributed by atoms with Crippen LogP contribution in [0.4, 0.5) is 4.39 Å². The predicted octanol–water partition coefficient (Wildman–Crippen LogP) is 6.22. The molecule has 0 atom stereocenters. The second-order valence-corrected chi connectivity index (χ2v) is 11.7. The Balaban J connectivity index is 1.49. The third-order valence-corrected chi connectivity index (χ3v) is 8.56. The first kappa shape index (κ1) is 25.8. The highest BCUT2D eigenvalue weighted by atomic mass is 32.1. The van der Waals surface area contributed by atoms with Crippen LogP contribution in [0.5, 0.6) is 5.75 Å². The van der Waals surface area contributed by atoms with Gasteiger partial charge in [-0.2, -0.15) is 5.26 Å². The van der Waals surface area contributed by atoms with Gasteiger partial charge in [0.15, 0.2) is 0 Å². The molecule has 0 aliphatic carbocycles. The zero-order chi connectivity index (χ0) is 28.2. The summed E-state index contributed by atoms with van der Waals surface area (Å²) < 4.78 is 24.1. The molecule has 0 radical (unpaired) electrons. The number of thiophene rings is 1. The van der Waals surface area contributed by atoms with Gasteiger partial charge in [0.05, 0.1) is 29.3 Å². The van der Waals surface area contributed by atoms with E-state index in [-0.39, 0.29) is 12.1 Å². The van der Waals surface area contributed by atoms with Gasteiger partial charge in [-0.05, 0) is 67.8 Å². The Kier molecular flexibility index (Phi) is 6.20. The van der Waals surface area contributed by atoms with E-state index in [0.29, 0.717) is 51.0 Å². The quantitative estimate of drug-likeness (QED) is 0.260. The molecular formula is C32H26FN3O3S. The molecule has 0 amide bonds. The number of aryl methyl sites for hydroxylation is 1. The van der Waals surface area contributed by atoms with E-state index in [1.807, 2.05) is 32.9 Å². The van der Waals surface area contributed by atoms with Crippen LogP contribution >= 0.6 is 11.3 Å². The van der Waals surface area contributed by atoms with Crippen LogP contribution in [0, 0.1) is 17.1 Å². The summed E-state index contributed by atoms with van der Waals surface area (Å²) in [6.45, 7) is 5.93. The molecule has 0 saturated heterocycles. The Morgan fingerprint density at radius 3 is 2.62 bits per heavy atom. The maximum atomic E-state index is 15.5. The van der Waals surface area contributed by atoms with Crippen molar-refractivity contribution in [1.29, 1.82) is 5.26 Å². The highest BCUT2D eigenvalue weighted by Gasteiger charge is 2.30. The normalized spacial score (nSPS) is 13.7. The fourth-order valence-corrected chi connectivity index (χ4v) is 6.40. The third kappa shape index (κ3) is 4.33. The first-order valence-corrected chi connectivity index (χ1v) is 13.9. The van der Waals surface area contributed by atoms with E-state index >= 15 is 4.39 Å². The monoisotopic (exact) mass is 551 g/mol. The second kappa shape index (κ2) is 9.61. The van der Waals surface area contributed by atoms with Crippen LogP contribution in [0.2, 0.25) is 0 Å². The first-order chi connectivity index (χ1) is 19.2. The highest BCUT2D eigenvalue weighted by Crippen LogP contribution is 2.36. The van der Waals surface area contributed by atoms with E-state index in [0.717, 1.165) is 16.2 Å². The summed E-state index contributed by atoms with van der Waals surface area (Å²) in [4.78, 5) is 29.1. The number of halogens is 1. The zero-order valence-electron chi connectivity index (χ0n) is 22.3. The van der Waals surface area contributed by atoms with Gasteiger partial charge in [-0.3, -0.25) is 9.36 Å². The van der Waals surface area contributed by atoms with Crippen LogP contribution in [0.3, 0.4) is 0 Å². The van der Waals surface area contributed by atoms with Crippen LogP contribution < -0.4 is 16.0 Å². The topological polar surface area (TPSA) is 77.0 Å². The number of ether oxygens (including phenoxy) is 1. The maximum Gasteiger partial charge on any atom is 0.337 e. The van der Waals surface area contributed by atoms with E-state index in [2.05, 4.69) is 6.07 Å². The lowest BCUT2D eigenvalue weighted by atomic mass is 9.99. The van der Waals surface area contributed by atoms with E-state index in [1.165, 1.54) is 26.5 Å². The summed E-state index contributed by atoms with van der Waals surface area (Å²) >= 11 is 1.38. The number of nitriles is 1. The van der Waals surface area contributed by atoms with Crippen molar-refractivity contribution in [2.75, 3.05) is 0 Å². The number of aromatic nitrogens is 2. The summed E-state index contributed by atoms with van der Waals surface area (Å²) in [5.74, 6) is 0.249. The Bertz CT molecular complexity index is 1980. The van der Waals surface area contributed by atoms with Crippen molar-refractivity contribution in [1.82, 2.24) is 9.13 Å². The van der Waals surface area contributed by atoms with Crippen LogP contribution in [0.15, 0.2) is 76.3 Å². The van der Waals surface area contributed by atoms with Crippen LogP contribution in [-0.4, -0.2) is 14.7 Å². The van der Waals surface area contributed by atoms with E-state index in [1.54, 1.807) is 48.5 Å². The van der Waals surface area contributed by atoms with Crippen molar-refractivity contribution < 1.29 is 9.13 Å². The molecule has 0 saturated carbocycles. The van der Waals surface area contributed by atoms with Gasteiger partial charge in [-0.25, -0.2) is 13.8 Å². The van der Waals surface area contributed by atoms with Gasteiger partial charge in [0.25, 0.3) is 5.56 Å². The Morgan fingerprint density at radius 1 is 1.07 bits per heavy atom. The lowest BCUT2D eigenvalue weighted by molar-refractivity contribution is 0.138. The lowest BCUT2D eigenvalue weighted by Gasteiger charge is -2.16. The molecule has 8 heteroatoms. The van der Waals surface area contributed by atoms with Gasteiger partial charge in [0.2, 0.25) is 0 Å². The number of nitrogens with zero attached hydrogens (tertiary/aromatic N) is 3. The van der Waals surface area contributed by atoms with Crippen LogP contribution in [-0.2, 0) is 19.4 Å². The molecule has 1 aliphatic heterocycles. The molecule has 0 fully saturated rings. The van der Waals surface area contributed by atoms with Crippen LogP contribution in [0.25, 0.3) is 27.0 Å². The summed E-state index contributed by atoms with van der Waals surface area (Å²) in [6.07, 6.45) is 1.37. The molecule has 0 N–H and O–H groups in total. The number of fused-ring (bicyclic) bond motifs is 2. The molecule has 1 aliphatic rings. The summed E-state index contributed by atoms with van der Waals surface area (Å²) in [7, 11) is 0. The first-order valence-electron chi connectivity index (χ1n) is 13.1. The molecule has 5 aromatic rings. The minimum atomic E-state index is -0.529. The summed E-state index contributed by atoms with van der Waals surface area (Å²) in [6, 6.07) is 21.1. The van der Waals surface area contributed by atoms with Crippen molar-refractivity contribution in [2.24, 2.45) is 0 Å². The van der Waals surface area contributed by atoms with Crippen molar-refractivity contribution in [3.63, 3.8) is 0 Å². The smallest absolute Gasteiger partial charge is 0.337 e. The molecule has 3 heterocycles. The number of rotatable bonds is 5. The molecular weight excluding hydrogens is 525 g/mol. The molecule has 6 nitrogen and oxygen atoms in total. The van der Waals surface area contributed by atoms with E-state index in [4.69, 9.17) is 4.74 Å². The average molecular weight is 552 g/mol. The number of benzene rings is 3. The van der Waals surface area contributed by atoms with Gasteiger partial charge in [0.1, 0.15) is 22.0 Å². The minimum Gasteiger partial charge on any atom is -0.487 e. The average Bonchev–Trinajstić information content (AvgIpc) is 3.51. The number of hydrogen-bond donors (Lipinski definition) is 0. The Labute approximate surface area is 234 Å². The summed E-state index contributed by atoms with van der Waals surface area (Å²) in [5, 5.41) is 9.89. The Hall–Kier alpha value is -4.48. The molecule has 0 unspecified atom stereocenters. The van der Waals surface area contributed by atoms with Gasteiger partial charge < -0.3 is 4.74 Å². The molecule has 0 spiro atoms. The molecule has 3 aromatic carbocycles. The van der Waals surface area contributed by atoms with Crippen LogP contribution in [0.1, 0.15) is 42.3 Å².